The minimum Gasteiger partial charge on any atom is -0.449 e. The van der Waals surface area contributed by atoms with Crippen molar-refractivity contribution in [1.82, 2.24) is 4.31 Å². The summed E-state index contributed by atoms with van der Waals surface area (Å²) in [5.74, 6) is -0.183. The molecule has 160 valence electrons. The first-order valence-electron chi connectivity index (χ1n) is 9.17. The molecule has 31 heavy (non-hydrogen) atoms. The van der Waals surface area contributed by atoms with E-state index in [-0.39, 0.29) is 29.5 Å². The topological polar surface area (TPSA) is 124 Å². The number of benzene rings is 2. The van der Waals surface area contributed by atoms with E-state index in [0.717, 1.165) is 0 Å². The maximum absolute atomic E-state index is 12.9. The van der Waals surface area contributed by atoms with Crippen molar-refractivity contribution in [1.29, 1.82) is 5.26 Å². The Morgan fingerprint density at radius 2 is 1.90 bits per heavy atom. The Hall–Kier alpha value is -3.26. The molecule has 1 N–H and O–H groups in total. The van der Waals surface area contributed by atoms with Crippen molar-refractivity contribution >= 4 is 44.4 Å². The fraction of sp³-hybridized carbons (Fsp3) is 0.200. The van der Waals surface area contributed by atoms with E-state index in [1.807, 2.05) is 11.0 Å². The Kier molecular flexibility index (Phi) is 5.49. The van der Waals surface area contributed by atoms with Crippen LogP contribution in [0.5, 0.6) is 5.95 Å². The van der Waals surface area contributed by atoms with Gasteiger partial charge in [-0.3, -0.25) is 0 Å². The Bertz CT molecular complexity index is 1310. The van der Waals surface area contributed by atoms with Crippen LogP contribution in [0.15, 0.2) is 51.8 Å². The van der Waals surface area contributed by atoms with Crippen molar-refractivity contribution in [2.75, 3.05) is 31.1 Å². The molecule has 1 aliphatic rings. The molecule has 0 aliphatic carbocycles. The van der Waals surface area contributed by atoms with Gasteiger partial charge in [0, 0.05) is 37.6 Å². The molecule has 0 saturated carbocycles. The number of hydrogen-bond donors (Lipinski definition) is 1. The van der Waals surface area contributed by atoms with E-state index in [9.17, 15) is 13.2 Å². The summed E-state index contributed by atoms with van der Waals surface area (Å²) in [6.45, 7) is 1.29. The van der Waals surface area contributed by atoms with Crippen LogP contribution in [0.3, 0.4) is 0 Å². The Balaban J connectivity index is 1.53. The second-order valence-electron chi connectivity index (χ2n) is 6.77. The van der Waals surface area contributed by atoms with Crippen LogP contribution in [0.2, 0.25) is 5.02 Å². The number of ether oxygens (including phenoxy) is 1. The van der Waals surface area contributed by atoms with Gasteiger partial charge in [0.1, 0.15) is 5.58 Å². The third kappa shape index (κ3) is 4.03. The Morgan fingerprint density at radius 3 is 2.58 bits per heavy atom. The maximum Gasteiger partial charge on any atom is 0.513 e. The van der Waals surface area contributed by atoms with Crippen molar-refractivity contribution in [2.24, 2.45) is 0 Å². The van der Waals surface area contributed by atoms with Crippen molar-refractivity contribution in [3.8, 4) is 12.0 Å². The fourth-order valence-corrected chi connectivity index (χ4v) is 5.27. The van der Waals surface area contributed by atoms with E-state index in [1.54, 1.807) is 24.3 Å². The van der Waals surface area contributed by atoms with Crippen LogP contribution in [0.1, 0.15) is 5.56 Å². The highest BCUT2D eigenvalue weighted by Crippen LogP contribution is 2.38. The quantitative estimate of drug-likeness (QED) is 0.585. The van der Waals surface area contributed by atoms with Gasteiger partial charge in [-0.1, -0.05) is 17.7 Å². The van der Waals surface area contributed by atoms with Gasteiger partial charge in [0.15, 0.2) is 0 Å². The van der Waals surface area contributed by atoms with Gasteiger partial charge in [-0.05, 0) is 30.3 Å². The molecule has 1 aliphatic heterocycles. The number of sulfonamides is 1. The van der Waals surface area contributed by atoms with E-state index in [4.69, 9.17) is 26.4 Å². The number of carboxylic acid groups (broad SMARTS) is 1. The summed E-state index contributed by atoms with van der Waals surface area (Å²) in [7, 11) is -3.72. The summed E-state index contributed by atoms with van der Waals surface area (Å²) in [6.07, 6.45) is -1.49. The molecule has 0 atom stereocenters. The molecule has 2 aromatic carbocycles. The molecule has 0 spiro atoms. The number of anilines is 1. The number of nitriles is 1. The zero-order valence-electron chi connectivity index (χ0n) is 16.0. The molecule has 4 rings (SSSR count). The maximum atomic E-state index is 12.9. The number of piperazine rings is 1. The highest BCUT2D eigenvalue weighted by atomic mass is 35.5. The van der Waals surface area contributed by atoms with Crippen LogP contribution in [-0.4, -0.2) is 50.2 Å². The number of carbonyl (C=O) groups is 1. The zero-order chi connectivity index (χ0) is 22.2. The van der Waals surface area contributed by atoms with Gasteiger partial charge in [-0.15, -0.1) is 0 Å². The smallest absolute Gasteiger partial charge is 0.449 e. The predicted molar refractivity (Wildman–Crippen MR) is 112 cm³/mol. The lowest BCUT2D eigenvalue weighted by molar-refractivity contribution is 0.134. The third-order valence-electron chi connectivity index (χ3n) is 4.96. The molecule has 1 saturated heterocycles. The third-order valence-corrected chi connectivity index (χ3v) is 7.25. The van der Waals surface area contributed by atoms with Gasteiger partial charge in [0.25, 0.3) is 5.95 Å². The molecule has 11 heteroatoms. The largest absolute Gasteiger partial charge is 0.513 e. The molecule has 1 fully saturated rings. The first kappa shape index (κ1) is 21.0. The fourth-order valence-electron chi connectivity index (χ4n) is 3.47. The lowest BCUT2D eigenvalue weighted by Gasteiger charge is -2.35. The lowest BCUT2D eigenvalue weighted by Crippen LogP contribution is -2.48. The summed E-state index contributed by atoms with van der Waals surface area (Å²) in [6, 6.07) is 12.7. The number of rotatable bonds is 4. The molecule has 0 bridgehead atoms. The predicted octanol–water partition coefficient (Wildman–Crippen LogP) is 3.53. The molecular weight excluding hydrogens is 446 g/mol. The summed E-state index contributed by atoms with van der Waals surface area (Å²) < 4.78 is 37.1. The van der Waals surface area contributed by atoms with Crippen LogP contribution in [0.4, 0.5) is 10.5 Å². The monoisotopic (exact) mass is 461 g/mol. The number of nitrogens with zero attached hydrogens (tertiary/aromatic N) is 3. The highest BCUT2D eigenvalue weighted by Gasteiger charge is 2.29. The van der Waals surface area contributed by atoms with Crippen LogP contribution in [0.25, 0.3) is 11.0 Å². The number of hydrogen-bond acceptors (Lipinski definition) is 7. The van der Waals surface area contributed by atoms with Crippen molar-refractivity contribution in [2.45, 2.75) is 4.90 Å². The minimum absolute atomic E-state index is 0.0869. The average Bonchev–Trinajstić information content (AvgIpc) is 3.17. The van der Waals surface area contributed by atoms with E-state index in [2.05, 4.69) is 4.74 Å². The van der Waals surface area contributed by atoms with Gasteiger partial charge < -0.3 is 19.2 Å². The van der Waals surface area contributed by atoms with Crippen LogP contribution >= 0.6 is 11.6 Å². The summed E-state index contributed by atoms with van der Waals surface area (Å²) >= 11 is 6.51. The first-order chi connectivity index (χ1) is 14.8. The summed E-state index contributed by atoms with van der Waals surface area (Å²) in [5.41, 5.74) is 1.34. The van der Waals surface area contributed by atoms with E-state index < -0.39 is 16.2 Å². The second kappa shape index (κ2) is 8.11. The first-order valence-corrected chi connectivity index (χ1v) is 11.0. The summed E-state index contributed by atoms with van der Waals surface area (Å²) in [4.78, 5) is 12.7. The molecule has 0 unspecified atom stereocenters. The number of fused-ring (bicyclic) bond motifs is 1. The SMILES string of the molecule is N#Cc1cccc(S(=O)(=O)N2CCN(c3ccc4oc(OC(=O)O)cc4c3Cl)CC2)c1. The van der Waals surface area contributed by atoms with Gasteiger partial charge in [-0.25, -0.2) is 13.2 Å². The molecular formula is C20H16ClN3O6S. The highest BCUT2D eigenvalue weighted by molar-refractivity contribution is 7.89. The van der Waals surface area contributed by atoms with Crippen LogP contribution < -0.4 is 9.64 Å². The van der Waals surface area contributed by atoms with Gasteiger partial charge in [-0.2, -0.15) is 9.57 Å². The zero-order valence-corrected chi connectivity index (χ0v) is 17.6. The molecule has 0 radical (unpaired) electrons. The standard InChI is InChI=1S/C20H16ClN3O6S/c21-19-15-11-18(30-20(25)26)29-17(15)5-4-16(19)23-6-8-24(9-7-23)31(27,28)14-3-1-2-13(10-14)12-22/h1-5,10-11H,6-9H2,(H,25,26). The van der Waals surface area contributed by atoms with E-state index >= 15 is 0 Å². The van der Waals surface area contributed by atoms with Crippen LogP contribution in [-0.2, 0) is 10.0 Å². The molecule has 1 aromatic heterocycles. The van der Waals surface area contributed by atoms with Gasteiger partial charge in [0.05, 0.1) is 27.2 Å². The van der Waals surface area contributed by atoms with Crippen molar-refractivity contribution < 1.29 is 27.5 Å². The Morgan fingerprint density at radius 1 is 1.16 bits per heavy atom. The van der Waals surface area contributed by atoms with Crippen LogP contribution in [0, 0.1) is 11.3 Å². The van der Waals surface area contributed by atoms with Gasteiger partial charge in [0.2, 0.25) is 10.0 Å². The molecule has 9 nitrogen and oxygen atoms in total. The molecule has 2 heterocycles. The van der Waals surface area contributed by atoms with E-state index in [0.29, 0.717) is 34.8 Å². The average molecular weight is 462 g/mol. The number of furan rings is 1. The second-order valence-corrected chi connectivity index (χ2v) is 9.09. The number of halogens is 1. The normalized spacial score (nSPS) is 15.0. The lowest BCUT2D eigenvalue weighted by atomic mass is 10.2. The summed E-state index contributed by atoms with van der Waals surface area (Å²) in [5, 5.41) is 18.6. The van der Waals surface area contributed by atoms with Crippen molar-refractivity contribution in [3.63, 3.8) is 0 Å². The van der Waals surface area contributed by atoms with Gasteiger partial charge >= 0.3 is 6.16 Å². The van der Waals surface area contributed by atoms with E-state index in [1.165, 1.54) is 22.5 Å². The molecule has 0 amide bonds. The van der Waals surface area contributed by atoms with Crippen molar-refractivity contribution in [3.05, 3.63) is 53.1 Å². The minimum atomic E-state index is -3.72. The molecule has 3 aromatic rings. The Labute approximate surface area is 182 Å².